The molecule has 0 radical (unpaired) electrons. The van der Waals surface area contributed by atoms with Crippen molar-refractivity contribution in [1.29, 1.82) is 5.26 Å². The zero-order valence-electron chi connectivity index (χ0n) is 13.5. The van der Waals surface area contributed by atoms with E-state index in [1.807, 2.05) is 43.3 Å². The predicted octanol–water partition coefficient (Wildman–Crippen LogP) is 3.87. The molecule has 0 saturated carbocycles. The summed E-state index contributed by atoms with van der Waals surface area (Å²) < 4.78 is 0. The second kappa shape index (κ2) is 8.00. The van der Waals surface area contributed by atoms with E-state index in [4.69, 9.17) is 5.26 Å². The monoisotopic (exact) mass is 307 g/mol. The van der Waals surface area contributed by atoms with Crippen LogP contribution in [0.5, 0.6) is 0 Å². The first-order valence-electron chi connectivity index (χ1n) is 7.77. The molecule has 0 atom stereocenters. The van der Waals surface area contributed by atoms with Gasteiger partial charge in [0.2, 0.25) is 5.91 Å². The lowest BCUT2D eigenvalue weighted by Crippen LogP contribution is -2.18. The SMILES string of the molecule is CCc1cccc(C)c1NC(=O)CCNc1ccccc1C#N. The van der Waals surface area contributed by atoms with Crippen molar-refractivity contribution >= 4 is 17.3 Å². The summed E-state index contributed by atoms with van der Waals surface area (Å²) in [5.74, 6) is -0.0315. The summed E-state index contributed by atoms with van der Waals surface area (Å²) in [7, 11) is 0. The smallest absolute Gasteiger partial charge is 0.226 e. The molecule has 0 aromatic heterocycles. The van der Waals surface area contributed by atoms with Crippen molar-refractivity contribution < 1.29 is 4.79 Å². The second-order valence-electron chi connectivity index (χ2n) is 5.34. The summed E-state index contributed by atoms with van der Waals surface area (Å²) in [6, 6.07) is 15.4. The first kappa shape index (κ1) is 16.6. The lowest BCUT2D eigenvalue weighted by atomic mass is 10.1. The third kappa shape index (κ3) is 4.33. The van der Waals surface area contributed by atoms with Crippen LogP contribution in [0.2, 0.25) is 0 Å². The number of nitrogens with one attached hydrogen (secondary N) is 2. The Kier molecular flexibility index (Phi) is 5.76. The van der Waals surface area contributed by atoms with Gasteiger partial charge in [0.1, 0.15) is 6.07 Å². The Balaban J connectivity index is 1.93. The Morgan fingerprint density at radius 3 is 2.70 bits per heavy atom. The fraction of sp³-hybridized carbons (Fsp3) is 0.263. The van der Waals surface area contributed by atoms with Crippen molar-refractivity contribution in [1.82, 2.24) is 0 Å². The summed E-state index contributed by atoms with van der Waals surface area (Å²) in [6.07, 6.45) is 1.22. The zero-order chi connectivity index (χ0) is 16.7. The molecule has 2 rings (SSSR count). The molecule has 0 fully saturated rings. The summed E-state index contributed by atoms with van der Waals surface area (Å²) in [5.41, 5.74) is 4.46. The van der Waals surface area contributed by atoms with E-state index in [0.717, 1.165) is 28.9 Å². The predicted molar refractivity (Wildman–Crippen MR) is 93.5 cm³/mol. The fourth-order valence-corrected chi connectivity index (χ4v) is 2.45. The minimum atomic E-state index is -0.0315. The Morgan fingerprint density at radius 1 is 1.17 bits per heavy atom. The van der Waals surface area contributed by atoms with Gasteiger partial charge in [-0.2, -0.15) is 5.26 Å². The van der Waals surface area contributed by atoms with E-state index in [1.165, 1.54) is 0 Å². The van der Waals surface area contributed by atoms with Gasteiger partial charge in [-0.3, -0.25) is 4.79 Å². The van der Waals surface area contributed by atoms with Gasteiger partial charge in [-0.1, -0.05) is 37.3 Å². The molecule has 4 nitrogen and oxygen atoms in total. The Morgan fingerprint density at radius 2 is 1.96 bits per heavy atom. The molecule has 1 amide bonds. The number of carbonyl (C=O) groups is 1. The molecule has 118 valence electrons. The quantitative estimate of drug-likeness (QED) is 0.851. The Bertz CT molecular complexity index is 732. The van der Waals surface area contributed by atoms with Gasteiger partial charge in [-0.15, -0.1) is 0 Å². The molecular weight excluding hydrogens is 286 g/mol. The van der Waals surface area contributed by atoms with E-state index >= 15 is 0 Å². The molecule has 0 heterocycles. The molecule has 2 aromatic rings. The number of nitriles is 1. The van der Waals surface area contributed by atoms with Gasteiger partial charge >= 0.3 is 0 Å². The number of para-hydroxylation sites is 2. The Hall–Kier alpha value is -2.80. The molecule has 2 N–H and O–H groups in total. The van der Waals surface area contributed by atoms with Crippen LogP contribution >= 0.6 is 0 Å². The van der Waals surface area contributed by atoms with E-state index in [0.29, 0.717) is 18.5 Å². The highest BCUT2D eigenvalue weighted by Gasteiger charge is 2.08. The second-order valence-corrected chi connectivity index (χ2v) is 5.34. The Labute approximate surface area is 137 Å². The average molecular weight is 307 g/mol. The number of aryl methyl sites for hydroxylation is 2. The van der Waals surface area contributed by atoms with Gasteiger partial charge in [0.05, 0.1) is 11.3 Å². The van der Waals surface area contributed by atoms with Crippen LogP contribution in [-0.4, -0.2) is 12.5 Å². The molecule has 0 aliphatic carbocycles. The fourth-order valence-electron chi connectivity index (χ4n) is 2.45. The van der Waals surface area contributed by atoms with E-state index in [1.54, 1.807) is 6.07 Å². The molecule has 4 heteroatoms. The van der Waals surface area contributed by atoms with Crippen LogP contribution in [0.4, 0.5) is 11.4 Å². The van der Waals surface area contributed by atoms with Gasteiger partial charge in [0.15, 0.2) is 0 Å². The number of hydrogen-bond acceptors (Lipinski definition) is 3. The minimum Gasteiger partial charge on any atom is -0.383 e. The van der Waals surface area contributed by atoms with Crippen molar-refractivity contribution in [2.45, 2.75) is 26.7 Å². The normalized spacial score (nSPS) is 9.96. The molecule has 0 unspecified atom stereocenters. The molecule has 0 aliphatic rings. The van der Waals surface area contributed by atoms with Gasteiger partial charge in [0.25, 0.3) is 0 Å². The van der Waals surface area contributed by atoms with E-state index < -0.39 is 0 Å². The van der Waals surface area contributed by atoms with Crippen LogP contribution in [0, 0.1) is 18.3 Å². The molecule has 0 bridgehead atoms. The molecular formula is C19H21N3O. The molecule has 0 aliphatic heterocycles. The highest BCUT2D eigenvalue weighted by Crippen LogP contribution is 2.21. The van der Waals surface area contributed by atoms with Crippen molar-refractivity contribution in [3.63, 3.8) is 0 Å². The van der Waals surface area contributed by atoms with E-state index in [2.05, 4.69) is 23.6 Å². The number of anilines is 2. The minimum absolute atomic E-state index is 0.0315. The van der Waals surface area contributed by atoms with E-state index in [9.17, 15) is 4.79 Å². The van der Waals surface area contributed by atoms with Crippen molar-refractivity contribution in [2.75, 3.05) is 17.2 Å². The summed E-state index contributed by atoms with van der Waals surface area (Å²) in [4.78, 5) is 12.2. The molecule has 0 saturated heterocycles. The van der Waals surface area contributed by atoms with Crippen molar-refractivity contribution in [3.8, 4) is 6.07 Å². The lowest BCUT2D eigenvalue weighted by Gasteiger charge is -2.13. The summed E-state index contributed by atoms with van der Waals surface area (Å²) in [6.45, 7) is 4.55. The van der Waals surface area contributed by atoms with Crippen LogP contribution in [0.3, 0.4) is 0 Å². The lowest BCUT2D eigenvalue weighted by molar-refractivity contribution is -0.115. The largest absolute Gasteiger partial charge is 0.383 e. The first-order chi connectivity index (χ1) is 11.2. The third-order valence-corrected chi connectivity index (χ3v) is 3.72. The van der Waals surface area contributed by atoms with Crippen LogP contribution in [0.25, 0.3) is 0 Å². The molecule has 23 heavy (non-hydrogen) atoms. The summed E-state index contributed by atoms with van der Waals surface area (Å²) in [5, 5.41) is 15.2. The topological polar surface area (TPSA) is 64.9 Å². The van der Waals surface area contributed by atoms with Gasteiger partial charge in [-0.05, 0) is 36.6 Å². The zero-order valence-corrected chi connectivity index (χ0v) is 13.5. The van der Waals surface area contributed by atoms with Crippen LogP contribution in [0.15, 0.2) is 42.5 Å². The average Bonchev–Trinajstić information content (AvgIpc) is 2.57. The van der Waals surface area contributed by atoms with Gasteiger partial charge in [-0.25, -0.2) is 0 Å². The number of rotatable bonds is 6. The first-order valence-corrected chi connectivity index (χ1v) is 7.77. The highest BCUT2D eigenvalue weighted by atomic mass is 16.1. The highest BCUT2D eigenvalue weighted by molar-refractivity contribution is 5.92. The number of hydrogen-bond donors (Lipinski definition) is 2. The van der Waals surface area contributed by atoms with E-state index in [-0.39, 0.29) is 5.91 Å². The van der Waals surface area contributed by atoms with Crippen LogP contribution in [0.1, 0.15) is 30.0 Å². The maximum atomic E-state index is 12.2. The molecule has 2 aromatic carbocycles. The van der Waals surface area contributed by atoms with Crippen molar-refractivity contribution in [3.05, 3.63) is 59.2 Å². The summed E-state index contributed by atoms with van der Waals surface area (Å²) >= 11 is 0. The maximum absolute atomic E-state index is 12.2. The third-order valence-electron chi connectivity index (χ3n) is 3.72. The van der Waals surface area contributed by atoms with Gasteiger partial charge in [0, 0.05) is 18.7 Å². The van der Waals surface area contributed by atoms with Crippen LogP contribution < -0.4 is 10.6 Å². The maximum Gasteiger partial charge on any atom is 0.226 e. The van der Waals surface area contributed by atoms with Crippen molar-refractivity contribution in [2.24, 2.45) is 0 Å². The standard InChI is InChI=1S/C19H21N3O/c1-3-15-9-6-7-14(2)19(15)22-18(23)11-12-21-17-10-5-4-8-16(17)13-20/h4-10,21H,3,11-12H2,1-2H3,(H,22,23). The number of carbonyl (C=O) groups excluding carboxylic acids is 1. The van der Waals surface area contributed by atoms with Gasteiger partial charge < -0.3 is 10.6 Å². The number of nitrogens with zero attached hydrogens (tertiary/aromatic N) is 1. The molecule has 0 spiro atoms. The number of amides is 1. The number of benzene rings is 2. The van der Waals surface area contributed by atoms with Crippen LogP contribution in [-0.2, 0) is 11.2 Å².